The first-order valence-corrected chi connectivity index (χ1v) is 6.73. The Kier molecular flexibility index (Phi) is 7.15. The number of carbonyl (C=O) groups is 1. The number of hydroxylamine groups is 2. The number of ether oxygens (including phenoxy) is 1. The second kappa shape index (κ2) is 8.67. The first-order valence-electron chi connectivity index (χ1n) is 6.73. The van der Waals surface area contributed by atoms with E-state index in [0.29, 0.717) is 12.1 Å². The van der Waals surface area contributed by atoms with Crippen LogP contribution < -0.4 is 0 Å². The molecule has 0 spiro atoms. The van der Waals surface area contributed by atoms with E-state index < -0.39 is 0 Å². The maximum atomic E-state index is 11.8. The Morgan fingerprint density at radius 2 is 2.00 bits per heavy atom. The van der Waals surface area contributed by atoms with E-state index in [1.807, 2.05) is 25.1 Å². The Morgan fingerprint density at radius 3 is 2.63 bits per heavy atom. The van der Waals surface area contributed by atoms with Crippen molar-refractivity contribution in [1.29, 1.82) is 0 Å². The molecule has 1 unspecified atom stereocenters. The summed E-state index contributed by atoms with van der Waals surface area (Å²) in [5.74, 6) is -0.344. The van der Waals surface area contributed by atoms with Crippen LogP contribution in [-0.2, 0) is 9.57 Å². The summed E-state index contributed by atoms with van der Waals surface area (Å²) in [6, 6.07) is 8.96. The third-order valence-corrected chi connectivity index (χ3v) is 2.66. The van der Waals surface area contributed by atoms with Crippen molar-refractivity contribution in [3.8, 4) is 0 Å². The fraction of sp³-hybridized carbons (Fsp3) is 0.533. The quantitative estimate of drug-likeness (QED) is 0.535. The van der Waals surface area contributed by atoms with E-state index in [-0.39, 0.29) is 12.1 Å². The number of unbranched alkanes of at least 4 members (excludes halogenated alkanes) is 1. The van der Waals surface area contributed by atoms with Crippen LogP contribution in [0.25, 0.3) is 0 Å². The van der Waals surface area contributed by atoms with Gasteiger partial charge in [0.05, 0.1) is 18.2 Å². The van der Waals surface area contributed by atoms with E-state index in [9.17, 15) is 4.79 Å². The van der Waals surface area contributed by atoms with Gasteiger partial charge >= 0.3 is 5.97 Å². The smallest absolute Gasteiger partial charge is 0.357 e. The summed E-state index contributed by atoms with van der Waals surface area (Å²) in [6.45, 7) is 5.41. The molecule has 1 aromatic carbocycles. The summed E-state index contributed by atoms with van der Waals surface area (Å²) in [7, 11) is 1.74. The predicted molar refractivity (Wildman–Crippen MR) is 74.8 cm³/mol. The first-order chi connectivity index (χ1) is 9.13. The van der Waals surface area contributed by atoms with Crippen LogP contribution in [-0.4, -0.2) is 37.3 Å². The zero-order valence-corrected chi connectivity index (χ0v) is 12.0. The van der Waals surface area contributed by atoms with Gasteiger partial charge in [-0.05, 0) is 25.5 Å². The van der Waals surface area contributed by atoms with Crippen LogP contribution in [0.2, 0.25) is 0 Å². The maximum absolute atomic E-state index is 11.8. The lowest BCUT2D eigenvalue weighted by Crippen LogP contribution is -2.31. The van der Waals surface area contributed by atoms with E-state index in [1.165, 1.54) is 5.06 Å². The lowest BCUT2D eigenvalue weighted by Gasteiger charge is -2.20. The minimum Gasteiger partial charge on any atom is -0.377 e. The van der Waals surface area contributed by atoms with Crippen LogP contribution >= 0.6 is 0 Å². The highest BCUT2D eigenvalue weighted by atomic mass is 16.7. The van der Waals surface area contributed by atoms with Gasteiger partial charge in [-0.3, -0.25) is 0 Å². The highest BCUT2D eigenvalue weighted by molar-refractivity contribution is 5.89. The zero-order chi connectivity index (χ0) is 14.1. The summed E-state index contributed by atoms with van der Waals surface area (Å²) in [5, 5.41) is 1.52. The van der Waals surface area contributed by atoms with Gasteiger partial charge in [0, 0.05) is 13.7 Å². The molecule has 0 radical (unpaired) electrons. The molecular weight excluding hydrogens is 242 g/mol. The lowest BCUT2D eigenvalue weighted by molar-refractivity contribution is -0.114. The minimum atomic E-state index is -0.344. The number of likely N-dealkylation sites (N-methyl/N-ethyl adjacent to an activating group) is 1. The molecule has 0 aliphatic rings. The third-order valence-electron chi connectivity index (χ3n) is 2.66. The van der Waals surface area contributed by atoms with Gasteiger partial charge < -0.3 is 9.57 Å². The number of rotatable bonds is 8. The number of nitrogens with zero attached hydrogens (tertiary/aromatic N) is 1. The second-order valence-electron chi connectivity index (χ2n) is 4.59. The molecule has 4 nitrogen and oxygen atoms in total. The monoisotopic (exact) mass is 265 g/mol. The molecule has 0 saturated carbocycles. The van der Waals surface area contributed by atoms with Crippen molar-refractivity contribution in [2.45, 2.75) is 32.8 Å². The van der Waals surface area contributed by atoms with Crippen LogP contribution in [0.15, 0.2) is 30.3 Å². The molecule has 0 saturated heterocycles. The molecule has 1 aromatic rings. The minimum absolute atomic E-state index is 0.0418. The highest BCUT2D eigenvalue weighted by Crippen LogP contribution is 2.04. The molecule has 106 valence electrons. The Bertz CT molecular complexity index is 367. The Morgan fingerprint density at radius 1 is 1.32 bits per heavy atom. The number of hydrogen-bond donors (Lipinski definition) is 0. The number of hydrogen-bond acceptors (Lipinski definition) is 4. The molecular formula is C15H23NO3. The molecule has 0 aromatic heterocycles. The van der Waals surface area contributed by atoms with Crippen molar-refractivity contribution in [1.82, 2.24) is 5.06 Å². The third kappa shape index (κ3) is 6.36. The van der Waals surface area contributed by atoms with E-state index in [4.69, 9.17) is 9.57 Å². The summed E-state index contributed by atoms with van der Waals surface area (Å²) in [5.41, 5.74) is 0.550. The number of carbonyl (C=O) groups excluding carboxylic acids is 1. The van der Waals surface area contributed by atoms with Gasteiger partial charge in [-0.25, -0.2) is 4.79 Å². The maximum Gasteiger partial charge on any atom is 0.357 e. The van der Waals surface area contributed by atoms with E-state index in [1.54, 1.807) is 19.2 Å². The molecule has 1 atom stereocenters. The predicted octanol–water partition coefficient (Wildman–Crippen LogP) is 2.90. The average Bonchev–Trinajstić information content (AvgIpc) is 2.39. The zero-order valence-electron chi connectivity index (χ0n) is 12.0. The van der Waals surface area contributed by atoms with E-state index in [0.717, 1.165) is 19.4 Å². The summed E-state index contributed by atoms with van der Waals surface area (Å²) >= 11 is 0. The van der Waals surface area contributed by atoms with Crippen LogP contribution in [0.5, 0.6) is 0 Å². The molecule has 0 bridgehead atoms. The molecule has 0 N–H and O–H groups in total. The average molecular weight is 265 g/mol. The molecule has 0 heterocycles. The fourth-order valence-corrected chi connectivity index (χ4v) is 1.65. The van der Waals surface area contributed by atoms with E-state index >= 15 is 0 Å². The summed E-state index contributed by atoms with van der Waals surface area (Å²) in [4.78, 5) is 17.0. The summed E-state index contributed by atoms with van der Waals surface area (Å²) in [6.07, 6.45) is 2.21. The molecule has 0 amide bonds. The van der Waals surface area contributed by atoms with Crippen molar-refractivity contribution in [2.24, 2.45) is 0 Å². The molecule has 19 heavy (non-hydrogen) atoms. The Balaban J connectivity index is 2.30. The lowest BCUT2D eigenvalue weighted by atomic mass is 10.2. The standard InChI is InChI=1S/C15H23NO3/c1-4-5-11-18-13(2)12-16(3)19-15(17)14-9-7-6-8-10-14/h6-10,13H,4-5,11-12H2,1-3H3. The fourth-order valence-electron chi connectivity index (χ4n) is 1.65. The number of benzene rings is 1. The SMILES string of the molecule is CCCCOC(C)CN(C)OC(=O)c1ccccc1. The van der Waals surface area contributed by atoms with Gasteiger partial charge in [0.1, 0.15) is 0 Å². The van der Waals surface area contributed by atoms with Crippen molar-refractivity contribution in [2.75, 3.05) is 20.2 Å². The Labute approximate surface area is 115 Å². The van der Waals surface area contributed by atoms with E-state index in [2.05, 4.69) is 6.92 Å². The molecule has 4 heteroatoms. The normalized spacial score (nSPS) is 12.4. The van der Waals surface area contributed by atoms with Gasteiger partial charge in [0.25, 0.3) is 0 Å². The molecule has 0 aliphatic heterocycles. The van der Waals surface area contributed by atoms with Gasteiger partial charge in [-0.2, -0.15) is 0 Å². The van der Waals surface area contributed by atoms with Gasteiger partial charge in [-0.15, -0.1) is 5.06 Å². The molecule has 1 rings (SSSR count). The van der Waals surface area contributed by atoms with Crippen LogP contribution in [0, 0.1) is 0 Å². The Hall–Kier alpha value is -1.39. The van der Waals surface area contributed by atoms with Gasteiger partial charge in [0.2, 0.25) is 0 Å². The summed E-state index contributed by atoms with van der Waals surface area (Å²) < 4.78 is 5.61. The van der Waals surface area contributed by atoms with Crippen molar-refractivity contribution in [3.05, 3.63) is 35.9 Å². The second-order valence-corrected chi connectivity index (χ2v) is 4.59. The largest absolute Gasteiger partial charge is 0.377 e. The van der Waals surface area contributed by atoms with Gasteiger partial charge in [-0.1, -0.05) is 31.5 Å². The van der Waals surface area contributed by atoms with Gasteiger partial charge in [0.15, 0.2) is 0 Å². The first kappa shape index (κ1) is 15.7. The topological polar surface area (TPSA) is 38.8 Å². The van der Waals surface area contributed by atoms with Crippen LogP contribution in [0.1, 0.15) is 37.0 Å². The van der Waals surface area contributed by atoms with Crippen molar-refractivity contribution >= 4 is 5.97 Å². The van der Waals surface area contributed by atoms with Crippen molar-refractivity contribution < 1.29 is 14.4 Å². The van der Waals surface area contributed by atoms with Crippen molar-refractivity contribution in [3.63, 3.8) is 0 Å². The van der Waals surface area contributed by atoms with Crippen LogP contribution in [0.3, 0.4) is 0 Å². The molecule has 0 fully saturated rings. The van der Waals surface area contributed by atoms with Crippen LogP contribution in [0.4, 0.5) is 0 Å². The highest BCUT2D eigenvalue weighted by Gasteiger charge is 2.13. The molecule has 0 aliphatic carbocycles.